The van der Waals surface area contributed by atoms with Crippen molar-refractivity contribution in [2.75, 3.05) is 11.9 Å². The van der Waals surface area contributed by atoms with Gasteiger partial charge in [-0.3, -0.25) is 10.1 Å². The number of anilines is 1. The molecule has 0 fully saturated rings. The summed E-state index contributed by atoms with van der Waals surface area (Å²) in [5, 5.41) is 23.8. The predicted octanol–water partition coefficient (Wildman–Crippen LogP) is 4.18. The van der Waals surface area contributed by atoms with Crippen LogP contribution in [0.4, 0.5) is 10.8 Å². The van der Waals surface area contributed by atoms with E-state index in [9.17, 15) is 10.1 Å². The first kappa shape index (κ1) is 18.2. The lowest BCUT2D eigenvalue weighted by Crippen LogP contribution is -1.98. The van der Waals surface area contributed by atoms with E-state index < -0.39 is 4.92 Å². The fraction of sp³-hybridized carbons (Fsp3) is 0.250. The SMILES string of the molecule is CCCNc1nnc(Sc2cc(C)nc(-c3ccc([N+](=O)[O-])cc3)n2)s1. The molecule has 0 saturated heterocycles. The molecule has 10 heteroatoms. The van der Waals surface area contributed by atoms with Crippen LogP contribution in [-0.2, 0) is 0 Å². The topological polar surface area (TPSA) is 107 Å². The smallest absolute Gasteiger partial charge is 0.269 e. The van der Waals surface area contributed by atoms with Crippen molar-refractivity contribution in [3.05, 3.63) is 46.1 Å². The van der Waals surface area contributed by atoms with E-state index in [4.69, 9.17) is 0 Å². The van der Waals surface area contributed by atoms with Crippen LogP contribution in [0.3, 0.4) is 0 Å². The molecular weight excluding hydrogens is 372 g/mol. The van der Waals surface area contributed by atoms with Crippen LogP contribution in [0.2, 0.25) is 0 Å². The van der Waals surface area contributed by atoms with Gasteiger partial charge in [0.2, 0.25) is 5.13 Å². The average Bonchev–Trinajstić information content (AvgIpc) is 3.06. The van der Waals surface area contributed by atoms with Crippen LogP contribution < -0.4 is 5.32 Å². The van der Waals surface area contributed by atoms with Gasteiger partial charge >= 0.3 is 0 Å². The summed E-state index contributed by atoms with van der Waals surface area (Å²) < 4.78 is 0.788. The summed E-state index contributed by atoms with van der Waals surface area (Å²) in [5.41, 5.74) is 1.57. The van der Waals surface area contributed by atoms with Crippen LogP contribution in [0.15, 0.2) is 39.7 Å². The van der Waals surface area contributed by atoms with Crippen molar-refractivity contribution in [2.45, 2.75) is 29.6 Å². The zero-order chi connectivity index (χ0) is 18.5. The largest absolute Gasteiger partial charge is 0.360 e. The Labute approximate surface area is 158 Å². The first-order valence-corrected chi connectivity index (χ1v) is 9.54. The summed E-state index contributed by atoms with van der Waals surface area (Å²) in [7, 11) is 0. The van der Waals surface area contributed by atoms with Gasteiger partial charge in [-0.05, 0) is 43.3 Å². The molecule has 1 aromatic carbocycles. The van der Waals surface area contributed by atoms with Gasteiger partial charge in [0.05, 0.1) is 4.92 Å². The molecule has 0 spiro atoms. The van der Waals surface area contributed by atoms with Crippen LogP contribution >= 0.6 is 23.1 Å². The number of non-ortho nitro benzene ring substituents is 1. The molecule has 0 atom stereocenters. The number of benzene rings is 1. The molecule has 134 valence electrons. The summed E-state index contributed by atoms with van der Waals surface area (Å²) in [4.78, 5) is 19.3. The molecule has 0 bridgehead atoms. The van der Waals surface area contributed by atoms with E-state index in [2.05, 4.69) is 32.4 Å². The number of rotatable bonds is 7. The number of aryl methyl sites for hydroxylation is 1. The lowest BCUT2D eigenvalue weighted by Gasteiger charge is -2.04. The van der Waals surface area contributed by atoms with Crippen LogP contribution in [0, 0.1) is 17.0 Å². The summed E-state index contributed by atoms with van der Waals surface area (Å²) in [6.07, 6.45) is 1.02. The number of nitrogens with zero attached hydrogens (tertiary/aromatic N) is 5. The Morgan fingerprint density at radius 2 is 2.00 bits per heavy atom. The first-order chi connectivity index (χ1) is 12.5. The van der Waals surface area contributed by atoms with Gasteiger partial charge in [-0.25, -0.2) is 9.97 Å². The fourth-order valence-electron chi connectivity index (χ4n) is 2.10. The molecule has 2 heterocycles. The molecule has 3 rings (SSSR count). The maximum absolute atomic E-state index is 10.8. The Hall–Kier alpha value is -2.59. The van der Waals surface area contributed by atoms with Crippen molar-refractivity contribution in [1.82, 2.24) is 20.2 Å². The van der Waals surface area contributed by atoms with Crippen molar-refractivity contribution in [1.29, 1.82) is 0 Å². The minimum atomic E-state index is -0.429. The third-order valence-electron chi connectivity index (χ3n) is 3.29. The van der Waals surface area contributed by atoms with E-state index in [0.29, 0.717) is 5.82 Å². The number of nitro groups is 1. The Kier molecular flexibility index (Phi) is 5.74. The van der Waals surface area contributed by atoms with Crippen molar-refractivity contribution in [2.24, 2.45) is 0 Å². The zero-order valence-electron chi connectivity index (χ0n) is 14.2. The standard InChI is InChI=1S/C16H16N6O2S2/c1-3-8-17-15-20-21-16(26-15)25-13-9-10(2)18-14(19-13)11-4-6-12(7-5-11)22(23)24/h4-7,9H,3,8H2,1-2H3,(H,17,20). The van der Waals surface area contributed by atoms with Crippen LogP contribution in [0.25, 0.3) is 11.4 Å². The van der Waals surface area contributed by atoms with Gasteiger partial charge in [-0.1, -0.05) is 18.3 Å². The molecule has 0 unspecified atom stereocenters. The van der Waals surface area contributed by atoms with Crippen LogP contribution in [0.5, 0.6) is 0 Å². The molecule has 0 radical (unpaired) electrons. The van der Waals surface area contributed by atoms with Gasteiger partial charge in [0, 0.05) is 29.9 Å². The molecule has 0 aliphatic rings. The molecule has 0 aliphatic heterocycles. The first-order valence-electron chi connectivity index (χ1n) is 7.91. The minimum Gasteiger partial charge on any atom is -0.360 e. The van der Waals surface area contributed by atoms with Crippen molar-refractivity contribution in [3.8, 4) is 11.4 Å². The Bertz CT molecular complexity index is 913. The number of hydrogen-bond donors (Lipinski definition) is 1. The molecule has 8 nitrogen and oxygen atoms in total. The number of nitrogens with one attached hydrogen (secondary N) is 1. The van der Waals surface area contributed by atoms with Gasteiger partial charge in [0.15, 0.2) is 10.2 Å². The summed E-state index contributed by atoms with van der Waals surface area (Å²) in [6.45, 7) is 4.83. The van der Waals surface area contributed by atoms with Crippen LogP contribution in [0.1, 0.15) is 19.0 Å². The molecular formula is C16H16N6O2S2. The second-order valence-corrected chi connectivity index (χ2v) is 7.62. The number of aromatic nitrogens is 4. The quantitative estimate of drug-likeness (QED) is 0.365. The van der Waals surface area contributed by atoms with E-state index in [1.165, 1.54) is 35.2 Å². The average molecular weight is 388 g/mol. The third-order valence-corrected chi connectivity index (χ3v) is 5.14. The molecule has 0 saturated carbocycles. The van der Waals surface area contributed by atoms with Gasteiger partial charge in [-0.2, -0.15) is 0 Å². The maximum Gasteiger partial charge on any atom is 0.269 e. The molecule has 26 heavy (non-hydrogen) atoms. The normalized spacial score (nSPS) is 10.7. The zero-order valence-corrected chi connectivity index (χ0v) is 15.8. The highest BCUT2D eigenvalue weighted by molar-refractivity contribution is 8.01. The van der Waals surface area contributed by atoms with E-state index in [-0.39, 0.29) is 5.69 Å². The van der Waals surface area contributed by atoms with Gasteiger partial charge < -0.3 is 5.32 Å². The highest BCUT2D eigenvalue weighted by atomic mass is 32.2. The fourth-order valence-corrected chi connectivity index (χ4v) is 3.88. The Balaban J connectivity index is 1.81. The molecule has 2 aromatic heterocycles. The summed E-state index contributed by atoms with van der Waals surface area (Å²) in [5.74, 6) is 0.524. The summed E-state index contributed by atoms with van der Waals surface area (Å²) in [6, 6.07) is 8.08. The third kappa shape index (κ3) is 4.52. The monoisotopic (exact) mass is 388 g/mol. The van der Waals surface area contributed by atoms with E-state index in [0.717, 1.165) is 38.7 Å². The molecule has 0 aliphatic carbocycles. The summed E-state index contributed by atoms with van der Waals surface area (Å²) >= 11 is 2.89. The molecule has 3 aromatic rings. The number of nitro benzene ring substituents is 1. The minimum absolute atomic E-state index is 0.0389. The van der Waals surface area contributed by atoms with Crippen LogP contribution in [-0.4, -0.2) is 31.6 Å². The van der Waals surface area contributed by atoms with E-state index >= 15 is 0 Å². The Morgan fingerprint density at radius 3 is 2.69 bits per heavy atom. The lowest BCUT2D eigenvalue weighted by atomic mass is 10.2. The van der Waals surface area contributed by atoms with E-state index in [1.54, 1.807) is 12.1 Å². The van der Waals surface area contributed by atoms with Gasteiger partial charge in [0.25, 0.3) is 5.69 Å². The van der Waals surface area contributed by atoms with Gasteiger partial charge in [-0.15, -0.1) is 10.2 Å². The maximum atomic E-state index is 10.8. The predicted molar refractivity (Wildman–Crippen MR) is 102 cm³/mol. The van der Waals surface area contributed by atoms with Crippen molar-refractivity contribution < 1.29 is 4.92 Å². The molecule has 0 amide bonds. The highest BCUT2D eigenvalue weighted by Gasteiger charge is 2.11. The Morgan fingerprint density at radius 1 is 1.23 bits per heavy atom. The lowest BCUT2D eigenvalue weighted by molar-refractivity contribution is -0.384. The van der Waals surface area contributed by atoms with Crippen molar-refractivity contribution in [3.63, 3.8) is 0 Å². The van der Waals surface area contributed by atoms with Crippen molar-refractivity contribution >= 4 is 33.9 Å². The van der Waals surface area contributed by atoms with E-state index in [1.807, 2.05) is 13.0 Å². The number of hydrogen-bond acceptors (Lipinski definition) is 9. The van der Waals surface area contributed by atoms with Gasteiger partial charge in [0.1, 0.15) is 5.03 Å². The highest BCUT2D eigenvalue weighted by Crippen LogP contribution is 2.32. The molecule has 1 N–H and O–H groups in total. The second-order valence-electron chi connectivity index (χ2n) is 5.38. The second kappa shape index (κ2) is 8.19.